The maximum atomic E-state index is 13.9. The molecular formula is C24H26N4O2S. The molecule has 0 aliphatic carbocycles. The van der Waals surface area contributed by atoms with Crippen LogP contribution in [0.3, 0.4) is 0 Å². The lowest BCUT2D eigenvalue weighted by molar-refractivity contribution is -0.173. The average Bonchev–Trinajstić information content (AvgIpc) is 3.37. The number of hydrogen-bond donors (Lipinski definition) is 0. The minimum Gasteiger partial charge on any atom is -0.361 e. The monoisotopic (exact) mass is 434 g/mol. The number of carbonyl (C=O) groups excluding carboxylic acids is 1. The van der Waals surface area contributed by atoms with Crippen LogP contribution in [0.4, 0.5) is 0 Å². The molecule has 2 fully saturated rings. The highest BCUT2D eigenvalue weighted by Gasteiger charge is 2.57. The van der Waals surface area contributed by atoms with Gasteiger partial charge in [0.2, 0.25) is 0 Å². The van der Waals surface area contributed by atoms with Gasteiger partial charge in [-0.3, -0.25) is 19.7 Å². The van der Waals surface area contributed by atoms with Gasteiger partial charge in [0.05, 0.1) is 6.61 Å². The largest absolute Gasteiger partial charge is 0.361 e. The molecule has 5 rings (SSSR count). The van der Waals surface area contributed by atoms with Gasteiger partial charge in [-0.15, -0.1) is 11.3 Å². The molecule has 1 spiro atoms. The molecule has 7 heteroatoms. The molecule has 0 bridgehead atoms. The molecular weight excluding hydrogens is 408 g/mol. The predicted octanol–water partition coefficient (Wildman–Crippen LogP) is 3.24. The minimum atomic E-state index is -0.876. The Morgan fingerprint density at radius 2 is 2.03 bits per heavy atom. The zero-order valence-corrected chi connectivity index (χ0v) is 18.4. The van der Waals surface area contributed by atoms with Crippen LogP contribution in [0.1, 0.15) is 27.5 Å². The van der Waals surface area contributed by atoms with Crippen LogP contribution < -0.4 is 0 Å². The summed E-state index contributed by atoms with van der Waals surface area (Å²) in [4.78, 5) is 28.0. The summed E-state index contributed by atoms with van der Waals surface area (Å²) in [6.07, 6.45) is 7.20. The summed E-state index contributed by atoms with van der Waals surface area (Å²) in [7, 11) is 0. The van der Waals surface area contributed by atoms with Gasteiger partial charge in [0, 0.05) is 68.3 Å². The van der Waals surface area contributed by atoms with Crippen molar-refractivity contribution in [3.63, 3.8) is 0 Å². The van der Waals surface area contributed by atoms with E-state index in [4.69, 9.17) is 4.74 Å². The van der Waals surface area contributed by atoms with E-state index in [1.165, 1.54) is 10.4 Å². The molecule has 3 aromatic heterocycles. The van der Waals surface area contributed by atoms with Crippen LogP contribution in [0.15, 0.2) is 60.5 Å². The van der Waals surface area contributed by atoms with Crippen LogP contribution in [0.5, 0.6) is 0 Å². The van der Waals surface area contributed by atoms with Crippen molar-refractivity contribution < 1.29 is 9.53 Å². The molecule has 3 aromatic rings. The van der Waals surface area contributed by atoms with Crippen molar-refractivity contribution in [3.05, 3.63) is 82.1 Å². The lowest BCUT2D eigenvalue weighted by Gasteiger charge is -2.42. The van der Waals surface area contributed by atoms with Crippen molar-refractivity contribution in [1.82, 2.24) is 19.8 Å². The summed E-state index contributed by atoms with van der Waals surface area (Å²) in [5.74, 6) is 0.0315. The summed E-state index contributed by atoms with van der Waals surface area (Å²) >= 11 is 1.78. The number of carbonyl (C=O) groups is 1. The molecule has 6 nitrogen and oxygen atoms in total. The van der Waals surface area contributed by atoms with Gasteiger partial charge in [-0.05, 0) is 53.3 Å². The Labute approximate surface area is 186 Å². The molecule has 160 valence electrons. The van der Waals surface area contributed by atoms with Gasteiger partial charge in [-0.25, -0.2) is 0 Å². The van der Waals surface area contributed by atoms with Gasteiger partial charge < -0.3 is 9.64 Å². The van der Waals surface area contributed by atoms with Gasteiger partial charge in [-0.1, -0.05) is 6.07 Å². The number of likely N-dealkylation sites (tertiary alicyclic amines) is 1. The molecule has 1 amide bonds. The summed E-state index contributed by atoms with van der Waals surface area (Å²) in [6, 6.07) is 10.1. The summed E-state index contributed by atoms with van der Waals surface area (Å²) in [5.41, 5.74) is 2.58. The quantitative estimate of drug-likeness (QED) is 0.617. The third-order valence-electron chi connectivity index (χ3n) is 6.38. The highest BCUT2D eigenvalue weighted by atomic mass is 32.1. The third-order valence-corrected chi connectivity index (χ3v) is 7.38. The molecule has 5 heterocycles. The Bertz CT molecular complexity index is 1040. The van der Waals surface area contributed by atoms with Gasteiger partial charge in [0.1, 0.15) is 0 Å². The van der Waals surface area contributed by atoms with E-state index >= 15 is 0 Å². The normalized spacial score (nSPS) is 24.2. The average molecular weight is 435 g/mol. The Hall–Kier alpha value is -2.61. The third kappa shape index (κ3) is 3.89. The number of aryl methyl sites for hydroxylation is 1. The molecule has 0 N–H and O–H groups in total. The lowest BCUT2D eigenvalue weighted by atomic mass is 9.83. The highest BCUT2D eigenvalue weighted by molar-refractivity contribution is 7.10. The Morgan fingerprint density at radius 3 is 2.77 bits per heavy atom. The molecule has 2 unspecified atom stereocenters. The molecule has 2 atom stereocenters. The second kappa shape index (κ2) is 8.49. The zero-order chi connectivity index (χ0) is 21.3. The topological polar surface area (TPSA) is 58.6 Å². The Morgan fingerprint density at radius 1 is 1.16 bits per heavy atom. The molecule has 0 radical (unpaired) electrons. The fraction of sp³-hybridized carbons (Fsp3) is 0.375. The molecule has 2 aliphatic rings. The first-order valence-electron chi connectivity index (χ1n) is 10.6. The van der Waals surface area contributed by atoms with Crippen molar-refractivity contribution >= 4 is 17.2 Å². The molecule has 2 saturated heterocycles. The van der Waals surface area contributed by atoms with Crippen LogP contribution in [0.2, 0.25) is 0 Å². The first-order valence-corrected chi connectivity index (χ1v) is 11.5. The first-order chi connectivity index (χ1) is 15.2. The van der Waals surface area contributed by atoms with Crippen LogP contribution in [0, 0.1) is 6.92 Å². The number of pyridine rings is 2. The summed E-state index contributed by atoms with van der Waals surface area (Å²) < 4.78 is 6.38. The lowest BCUT2D eigenvalue weighted by Crippen LogP contribution is -2.59. The van der Waals surface area contributed by atoms with Crippen molar-refractivity contribution in [1.29, 1.82) is 0 Å². The molecule has 0 aromatic carbocycles. The summed E-state index contributed by atoms with van der Waals surface area (Å²) in [5, 5.41) is 2.13. The van der Waals surface area contributed by atoms with E-state index < -0.39 is 5.60 Å². The van der Waals surface area contributed by atoms with Gasteiger partial charge in [0.25, 0.3) is 5.91 Å². The fourth-order valence-electron chi connectivity index (χ4n) is 4.75. The standard InChI is InChI=1S/C24H26N4O2S/c1-18-6-12-31-22(18)16-27-15-21(20-3-2-7-26-13-20)24(17-27)23(29)28(10-11-30-24)14-19-4-8-25-9-5-19/h2-9,12-13,21H,10-11,14-17H2,1H3. The molecule has 2 aliphatic heterocycles. The SMILES string of the molecule is Cc1ccsc1CN1CC(c2cccnc2)C2(C1)OCCN(Cc1ccncc1)C2=O. The van der Waals surface area contributed by atoms with Crippen LogP contribution in [-0.2, 0) is 22.6 Å². The van der Waals surface area contributed by atoms with Crippen LogP contribution in [0.25, 0.3) is 0 Å². The minimum absolute atomic E-state index is 0.0470. The van der Waals surface area contributed by atoms with Crippen LogP contribution >= 0.6 is 11.3 Å². The predicted molar refractivity (Wildman–Crippen MR) is 120 cm³/mol. The van der Waals surface area contributed by atoms with E-state index in [1.807, 2.05) is 29.3 Å². The number of hydrogen-bond acceptors (Lipinski definition) is 6. The number of amides is 1. The highest BCUT2D eigenvalue weighted by Crippen LogP contribution is 2.42. The molecule has 0 saturated carbocycles. The zero-order valence-electron chi connectivity index (χ0n) is 17.6. The van der Waals surface area contributed by atoms with E-state index in [0.717, 1.165) is 24.2 Å². The second-order valence-corrected chi connectivity index (χ2v) is 9.36. The second-order valence-electron chi connectivity index (χ2n) is 8.36. The van der Waals surface area contributed by atoms with Crippen molar-refractivity contribution in [2.24, 2.45) is 0 Å². The van der Waals surface area contributed by atoms with Crippen molar-refractivity contribution in [2.45, 2.75) is 31.5 Å². The Balaban J connectivity index is 1.45. The van der Waals surface area contributed by atoms with Crippen molar-refractivity contribution in [3.8, 4) is 0 Å². The van der Waals surface area contributed by atoms with Crippen molar-refractivity contribution in [2.75, 3.05) is 26.2 Å². The summed E-state index contributed by atoms with van der Waals surface area (Å²) in [6.45, 7) is 6.08. The molecule has 31 heavy (non-hydrogen) atoms. The van der Waals surface area contributed by atoms with E-state index in [2.05, 4.69) is 39.3 Å². The van der Waals surface area contributed by atoms with Gasteiger partial charge >= 0.3 is 0 Å². The first kappa shape index (κ1) is 20.3. The number of thiophene rings is 1. The number of nitrogens with zero attached hydrogens (tertiary/aromatic N) is 4. The smallest absolute Gasteiger partial charge is 0.257 e. The number of morpholine rings is 1. The van der Waals surface area contributed by atoms with Gasteiger partial charge in [0.15, 0.2) is 5.60 Å². The van der Waals surface area contributed by atoms with E-state index in [9.17, 15) is 4.79 Å². The number of ether oxygens (including phenoxy) is 1. The number of rotatable bonds is 5. The van der Waals surface area contributed by atoms with Crippen LogP contribution in [-0.4, -0.2) is 57.5 Å². The maximum Gasteiger partial charge on any atom is 0.257 e. The fourth-order valence-corrected chi connectivity index (χ4v) is 5.70. The van der Waals surface area contributed by atoms with E-state index in [0.29, 0.717) is 26.2 Å². The van der Waals surface area contributed by atoms with Gasteiger partial charge in [-0.2, -0.15) is 0 Å². The maximum absolute atomic E-state index is 13.9. The van der Waals surface area contributed by atoms with E-state index in [-0.39, 0.29) is 11.8 Å². The Kier molecular flexibility index (Phi) is 5.56. The van der Waals surface area contributed by atoms with E-state index in [1.54, 1.807) is 29.9 Å². The number of aromatic nitrogens is 2.